The maximum atomic E-state index is 10.2. The van der Waals surface area contributed by atoms with Gasteiger partial charge >= 0.3 is 0 Å². The van der Waals surface area contributed by atoms with Crippen LogP contribution in [0.3, 0.4) is 0 Å². The molecule has 0 amide bonds. The molecule has 1 aliphatic carbocycles. The number of aryl methyl sites for hydroxylation is 1. The van der Waals surface area contributed by atoms with Crippen molar-refractivity contribution in [1.82, 2.24) is 9.78 Å². The molecule has 0 bridgehead atoms. The molecule has 5 rings (SSSR count). The van der Waals surface area contributed by atoms with E-state index in [4.69, 9.17) is 5.10 Å². The summed E-state index contributed by atoms with van der Waals surface area (Å²) in [6, 6.07) is 27.3. The second-order valence-electron chi connectivity index (χ2n) is 8.51. The highest BCUT2D eigenvalue weighted by Crippen LogP contribution is 2.38. The SMILES string of the molecule is Oc1cccc2c1CCCC2CCn1cc(C(c2ccccc2)c2ccccc2)cn1. The fourth-order valence-electron chi connectivity index (χ4n) is 5.03. The maximum absolute atomic E-state index is 10.2. The molecular formula is C28H28N2O. The smallest absolute Gasteiger partial charge is 0.119 e. The molecule has 0 radical (unpaired) electrons. The van der Waals surface area contributed by atoms with E-state index in [2.05, 4.69) is 77.6 Å². The van der Waals surface area contributed by atoms with Crippen molar-refractivity contribution in [2.75, 3.05) is 0 Å². The number of fused-ring (bicyclic) bond motifs is 1. The highest BCUT2D eigenvalue weighted by molar-refractivity contribution is 5.43. The summed E-state index contributed by atoms with van der Waals surface area (Å²) in [6.07, 6.45) is 8.58. The van der Waals surface area contributed by atoms with Crippen LogP contribution < -0.4 is 0 Å². The summed E-state index contributed by atoms with van der Waals surface area (Å²) >= 11 is 0. The summed E-state index contributed by atoms with van der Waals surface area (Å²) < 4.78 is 2.09. The van der Waals surface area contributed by atoms with Crippen LogP contribution in [0.5, 0.6) is 5.75 Å². The molecule has 1 aliphatic rings. The Kier molecular flexibility index (Phi) is 5.57. The number of benzene rings is 3. The van der Waals surface area contributed by atoms with Gasteiger partial charge in [-0.1, -0.05) is 72.8 Å². The van der Waals surface area contributed by atoms with Gasteiger partial charge in [-0.3, -0.25) is 4.68 Å². The molecule has 1 N–H and O–H groups in total. The molecule has 3 heteroatoms. The number of hydrogen-bond acceptors (Lipinski definition) is 2. The average molecular weight is 409 g/mol. The molecule has 1 aromatic heterocycles. The van der Waals surface area contributed by atoms with E-state index >= 15 is 0 Å². The molecule has 0 aliphatic heterocycles. The van der Waals surface area contributed by atoms with E-state index in [1.807, 2.05) is 18.3 Å². The lowest BCUT2D eigenvalue weighted by Crippen LogP contribution is -2.12. The summed E-state index contributed by atoms with van der Waals surface area (Å²) in [5.74, 6) is 1.13. The first-order valence-corrected chi connectivity index (χ1v) is 11.2. The van der Waals surface area contributed by atoms with Gasteiger partial charge in [-0.15, -0.1) is 0 Å². The van der Waals surface area contributed by atoms with Crippen molar-refractivity contribution in [2.45, 2.75) is 44.1 Å². The second kappa shape index (κ2) is 8.81. The number of phenols is 1. The van der Waals surface area contributed by atoms with Gasteiger partial charge in [-0.05, 0) is 59.9 Å². The molecule has 0 fully saturated rings. The van der Waals surface area contributed by atoms with Crippen LogP contribution in [-0.2, 0) is 13.0 Å². The largest absolute Gasteiger partial charge is 0.508 e. The molecule has 156 valence electrons. The van der Waals surface area contributed by atoms with Gasteiger partial charge in [0.2, 0.25) is 0 Å². The number of phenolic OH excluding ortho intramolecular Hbond substituents is 1. The highest BCUT2D eigenvalue weighted by atomic mass is 16.3. The lowest BCUT2D eigenvalue weighted by Gasteiger charge is -2.26. The number of hydrogen-bond donors (Lipinski definition) is 1. The number of aromatic nitrogens is 2. The Morgan fingerprint density at radius 3 is 2.29 bits per heavy atom. The zero-order valence-corrected chi connectivity index (χ0v) is 17.7. The zero-order valence-electron chi connectivity index (χ0n) is 17.7. The van der Waals surface area contributed by atoms with Crippen LogP contribution in [-0.4, -0.2) is 14.9 Å². The molecule has 3 aromatic carbocycles. The van der Waals surface area contributed by atoms with E-state index in [9.17, 15) is 5.11 Å². The van der Waals surface area contributed by atoms with Crippen LogP contribution in [0.2, 0.25) is 0 Å². The van der Waals surface area contributed by atoms with E-state index in [1.165, 1.54) is 28.7 Å². The molecule has 3 nitrogen and oxygen atoms in total. The fourth-order valence-corrected chi connectivity index (χ4v) is 5.03. The minimum atomic E-state index is 0.184. The first-order valence-electron chi connectivity index (χ1n) is 11.2. The Morgan fingerprint density at radius 2 is 1.58 bits per heavy atom. The third-order valence-electron chi connectivity index (χ3n) is 6.57. The topological polar surface area (TPSA) is 38.0 Å². The van der Waals surface area contributed by atoms with Gasteiger partial charge in [0, 0.05) is 24.2 Å². The van der Waals surface area contributed by atoms with Crippen LogP contribution in [0.4, 0.5) is 0 Å². The molecule has 0 spiro atoms. The van der Waals surface area contributed by atoms with Crippen molar-refractivity contribution in [3.63, 3.8) is 0 Å². The van der Waals surface area contributed by atoms with Gasteiger partial charge in [-0.25, -0.2) is 0 Å². The molecule has 1 atom stereocenters. The van der Waals surface area contributed by atoms with Gasteiger partial charge in [-0.2, -0.15) is 5.10 Å². The van der Waals surface area contributed by atoms with Crippen LogP contribution in [0.25, 0.3) is 0 Å². The summed E-state index contributed by atoms with van der Waals surface area (Å²) in [7, 11) is 0. The van der Waals surface area contributed by atoms with Crippen LogP contribution >= 0.6 is 0 Å². The van der Waals surface area contributed by atoms with Gasteiger partial charge in [0.1, 0.15) is 5.75 Å². The quantitative estimate of drug-likeness (QED) is 0.408. The molecule has 1 heterocycles. The van der Waals surface area contributed by atoms with E-state index in [0.717, 1.165) is 31.4 Å². The number of aromatic hydroxyl groups is 1. The second-order valence-corrected chi connectivity index (χ2v) is 8.51. The Balaban J connectivity index is 1.37. The van der Waals surface area contributed by atoms with Crippen LogP contribution in [0.1, 0.15) is 58.9 Å². The molecule has 0 saturated heterocycles. The zero-order chi connectivity index (χ0) is 21.0. The lowest BCUT2D eigenvalue weighted by molar-refractivity contribution is 0.435. The predicted octanol–water partition coefficient (Wildman–Crippen LogP) is 6.28. The molecule has 0 saturated carbocycles. The van der Waals surface area contributed by atoms with E-state index < -0.39 is 0 Å². The lowest BCUT2D eigenvalue weighted by atomic mass is 9.80. The summed E-state index contributed by atoms with van der Waals surface area (Å²) in [6.45, 7) is 0.885. The third kappa shape index (κ3) is 4.13. The monoisotopic (exact) mass is 408 g/mol. The van der Waals surface area contributed by atoms with Crippen molar-refractivity contribution in [3.8, 4) is 5.75 Å². The molecular weight excluding hydrogens is 380 g/mol. The minimum Gasteiger partial charge on any atom is -0.508 e. The first-order chi connectivity index (χ1) is 15.3. The normalized spacial score (nSPS) is 15.7. The Labute approximate surface area is 184 Å². The van der Waals surface area contributed by atoms with Gasteiger partial charge in [0.05, 0.1) is 6.20 Å². The van der Waals surface area contributed by atoms with E-state index in [-0.39, 0.29) is 5.92 Å². The van der Waals surface area contributed by atoms with Crippen molar-refractivity contribution < 1.29 is 5.11 Å². The Hall–Kier alpha value is -3.33. The average Bonchev–Trinajstić information content (AvgIpc) is 3.28. The van der Waals surface area contributed by atoms with Crippen LogP contribution in [0, 0.1) is 0 Å². The maximum Gasteiger partial charge on any atom is 0.119 e. The van der Waals surface area contributed by atoms with Gasteiger partial charge < -0.3 is 5.11 Å². The molecule has 31 heavy (non-hydrogen) atoms. The predicted molar refractivity (Wildman–Crippen MR) is 124 cm³/mol. The van der Waals surface area contributed by atoms with Gasteiger partial charge in [0.15, 0.2) is 0 Å². The minimum absolute atomic E-state index is 0.184. The van der Waals surface area contributed by atoms with E-state index in [0.29, 0.717) is 11.7 Å². The van der Waals surface area contributed by atoms with Crippen molar-refractivity contribution in [1.29, 1.82) is 0 Å². The Morgan fingerprint density at radius 1 is 0.871 bits per heavy atom. The van der Waals surface area contributed by atoms with Crippen molar-refractivity contribution in [3.05, 3.63) is 119 Å². The summed E-state index contributed by atoms with van der Waals surface area (Å²) in [5.41, 5.74) is 6.26. The van der Waals surface area contributed by atoms with Crippen molar-refractivity contribution >= 4 is 0 Å². The fraction of sp³-hybridized carbons (Fsp3) is 0.250. The van der Waals surface area contributed by atoms with Crippen LogP contribution in [0.15, 0.2) is 91.3 Å². The standard InChI is InChI=1S/C28H28N2O/c31-27-16-8-14-25-21(13-7-15-26(25)27)17-18-30-20-24(19-29-30)28(22-9-3-1-4-10-22)23-11-5-2-6-12-23/h1-6,8-12,14,16,19-21,28,31H,7,13,15,17-18H2. The molecule has 4 aromatic rings. The number of nitrogens with zero attached hydrogens (tertiary/aromatic N) is 2. The number of rotatable bonds is 6. The van der Waals surface area contributed by atoms with Crippen molar-refractivity contribution in [2.24, 2.45) is 0 Å². The summed E-state index contributed by atoms with van der Waals surface area (Å²) in [4.78, 5) is 0. The van der Waals surface area contributed by atoms with Gasteiger partial charge in [0.25, 0.3) is 0 Å². The first kappa shape index (κ1) is 19.6. The summed E-state index contributed by atoms with van der Waals surface area (Å²) in [5, 5.41) is 14.9. The highest BCUT2D eigenvalue weighted by Gasteiger charge is 2.23. The Bertz CT molecular complexity index is 1090. The third-order valence-corrected chi connectivity index (χ3v) is 6.57. The molecule has 1 unspecified atom stereocenters. The van der Waals surface area contributed by atoms with E-state index in [1.54, 1.807) is 0 Å².